The molecule has 170 valence electrons. The number of benzene rings is 2. The van der Waals surface area contributed by atoms with E-state index >= 15 is 0 Å². The van der Waals surface area contributed by atoms with E-state index in [4.69, 9.17) is 9.47 Å². The number of aromatic nitrogens is 1. The van der Waals surface area contributed by atoms with Crippen molar-refractivity contribution < 1.29 is 24.2 Å². The highest BCUT2D eigenvalue weighted by Gasteiger charge is 2.31. The number of methoxy groups -OCH3 is 1. The fourth-order valence-corrected chi connectivity index (χ4v) is 4.27. The Morgan fingerprint density at radius 1 is 1.03 bits per heavy atom. The number of likely N-dealkylation sites (N-methyl/N-ethyl adjacent to an activating group) is 1. The molecule has 7 heteroatoms. The maximum absolute atomic E-state index is 12.8. The van der Waals surface area contributed by atoms with Gasteiger partial charge in [0.25, 0.3) is 0 Å². The molecule has 7 nitrogen and oxygen atoms in total. The minimum atomic E-state index is -1.08. The Bertz CT molecular complexity index is 1100. The summed E-state index contributed by atoms with van der Waals surface area (Å²) in [4.78, 5) is 30.1. The lowest BCUT2D eigenvalue weighted by atomic mass is 9.98. The van der Waals surface area contributed by atoms with Gasteiger partial charge >= 0.3 is 12.1 Å². The molecule has 0 radical (unpaired) electrons. The number of carbonyl (C=O) groups is 2. The summed E-state index contributed by atoms with van der Waals surface area (Å²) in [6.45, 7) is 0.142. The van der Waals surface area contributed by atoms with Crippen LogP contribution in [-0.4, -0.2) is 53.9 Å². The molecular weight excluding hydrogens is 420 g/mol. The maximum atomic E-state index is 12.8. The molecule has 1 aliphatic carbocycles. The number of carboxylic acids is 1. The van der Waals surface area contributed by atoms with Crippen molar-refractivity contribution in [3.63, 3.8) is 0 Å². The van der Waals surface area contributed by atoms with E-state index in [2.05, 4.69) is 17.1 Å². The molecule has 3 aromatic rings. The second-order valence-corrected chi connectivity index (χ2v) is 8.00. The zero-order valence-corrected chi connectivity index (χ0v) is 18.6. The summed E-state index contributed by atoms with van der Waals surface area (Å²) in [6.07, 6.45) is 1.55. The van der Waals surface area contributed by atoms with Crippen LogP contribution in [0.3, 0.4) is 0 Å². The van der Waals surface area contributed by atoms with Crippen LogP contribution in [0.15, 0.2) is 66.9 Å². The summed E-state index contributed by atoms with van der Waals surface area (Å²) in [6, 6.07) is 18.7. The Kier molecular flexibility index (Phi) is 6.58. The first-order valence-corrected chi connectivity index (χ1v) is 10.8. The number of hydrogen-bond acceptors (Lipinski definition) is 5. The zero-order chi connectivity index (χ0) is 23.4. The van der Waals surface area contributed by atoms with E-state index in [1.807, 2.05) is 36.4 Å². The molecule has 0 bridgehead atoms. The smallest absolute Gasteiger partial charge is 0.410 e. The molecule has 4 rings (SSSR count). The molecule has 2 aromatic carbocycles. The molecule has 1 atom stereocenters. The number of ether oxygens (including phenoxy) is 2. The number of hydrogen-bond donors (Lipinski definition) is 1. The third kappa shape index (κ3) is 4.67. The molecule has 1 heterocycles. The summed E-state index contributed by atoms with van der Waals surface area (Å²) in [7, 11) is 3.01. The van der Waals surface area contributed by atoms with Gasteiger partial charge in [0.2, 0.25) is 0 Å². The minimum absolute atomic E-state index is 0.0819. The topological polar surface area (TPSA) is 89.0 Å². The van der Waals surface area contributed by atoms with Crippen LogP contribution < -0.4 is 4.74 Å². The highest BCUT2D eigenvalue weighted by Crippen LogP contribution is 2.44. The van der Waals surface area contributed by atoms with Gasteiger partial charge < -0.3 is 14.6 Å². The molecule has 1 amide bonds. The monoisotopic (exact) mass is 446 g/mol. The van der Waals surface area contributed by atoms with Crippen molar-refractivity contribution in [2.45, 2.75) is 24.8 Å². The summed E-state index contributed by atoms with van der Waals surface area (Å²) in [5.41, 5.74) is 5.21. The van der Waals surface area contributed by atoms with Gasteiger partial charge in [0.05, 0.1) is 13.3 Å². The van der Waals surface area contributed by atoms with Crippen LogP contribution in [0.2, 0.25) is 0 Å². The van der Waals surface area contributed by atoms with Crippen molar-refractivity contribution in [2.24, 2.45) is 0 Å². The average Bonchev–Trinajstić information content (AvgIpc) is 3.16. The Hall–Kier alpha value is -3.87. The number of aryl methyl sites for hydroxylation is 1. The van der Waals surface area contributed by atoms with Gasteiger partial charge in [-0.15, -0.1) is 0 Å². The van der Waals surface area contributed by atoms with Gasteiger partial charge in [-0.05, 0) is 47.2 Å². The van der Waals surface area contributed by atoms with Crippen molar-refractivity contribution in [1.29, 1.82) is 0 Å². The van der Waals surface area contributed by atoms with Gasteiger partial charge in [0.15, 0.2) is 0 Å². The van der Waals surface area contributed by atoms with Crippen LogP contribution in [-0.2, 0) is 16.0 Å². The predicted octanol–water partition coefficient (Wildman–Crippen LogP) is 4.36. The molecule has 0 saturated carbocycles. The Morgan fingerprint density at radius 2 is 1.67 bits per heavy atom. The van der Waals surface area contributed by atoms with Gasteiger partial charge in [0.1, 0.15) is 18.4 Å². The molecule has 0 fully saturated rings. The molecular formula is C26H26N2O5. The fraction of sp³-hybridized carbons (Fsp3) is 0.269. The summed E-state index contributed by atoms with van der Waals surface area (Å²) in [5, 5.41) is 9.70. The summed E-state index contributed by atoms with van der Waals surface area (Å²) >= 11 is 0. The minimum Gasteiger partial charge on any atom is -0.495 e. The number of nitrogens with zero attached hydrogens (tertiary/aromatic N) is 2. The lowest BCUT2D eigenvalue weighted by Crippen LogP contribution is -2.43. The number of carboxylic acid groups (broad SMARTS) is 1. The van der Waals surface area contributed by atoms with Crippen LogP contribution in [0, 0.1) is 0 Å². The van der Waals surface area contributed by atoms with E-state index in [1.165, 1.54) is 7.05 Å². The SMILES string of the molecule is COc1ccc(CCC(C(=O)O)N(C)C(=O)OCC2c3ccccc3-c3ccccc32)nc1. The van der Waals surface area contributed by atoms with Crippen LogP contribution in [0.4, 0.5) is 4.79 Å². The maximum Gasteiger partial charge on any atom is 0.410 e. The average molecular weight is 447 g/mol. The number of aliphatic carboxylic acids is 1. The van der Waals surface area contributed by atoms with E-state index in [1.54, 1.807) is 25.4 Å². The lowest BCUT2D eigenvalue weighted by Gasteiger charge is -2.25. The number of fused-ring (bicyclic) bond motifs is 3. The molecule has 33 heavy (non-hydrogen) atoms. The Morgan fingerprint density at radius 3 is 2.21 bits per heavy atom. The van der Waals surface area contributed by atoms with Crippen molar-refractivity contribution in [3.05, 3.63) is 83.7 Å². The van der Waals surface area contributed by atoms with E-state index in [0.717, 1.165) is 32.8 Å². The van der Waals surface area contributed by atoms with Gasteiger partial charge in [-0.3, -0.25) is 9.88 Å². The molecule has 1 aliphatic rings. The number of rotatable bonds is 8. The van der Waals surface area contributed by atoms with Gasteiger partial charge in [0, 0.05) is 18.7 Å². The van der Waals surface area contributed by atoms with Gasteiger partial charge in [-0.25, -0.2) is 9.59 Å². The number of pyridine rings is 1. The molecule has 1 N–H and O–H groups in total. The quantitative estimate of drug-likeness (QED) is 0.553. The van der Waals surface area contributed by atoms with Crippen LogP contribution >= 0.6 is 0 Å². The highest BCUT2D eigenvalue weighted by molar-refractivity contribution is 5.81. The van der Waals surface area contributed by atoms with E-state index in [-0.39, 0.29) is 18.9 Å². The third-order valence-corrected chi connectivity index (χ3v) is 6.08. The first kappa shape index (κ1) is 22.3. The predicted molar refractivity (Wildman–Crippen MR) is 123 cm³/mol. The van der Waals surface area contributed by atoms with Crippen LogP contribution in [0.25, 0.3) is 11.1 Å². The van der Waals surface area contributed by atoms with Crippen molar-refractivity contribution in [1.82, 2.24) is 9.88 Å². The molecule has 0 spiro atoms. The normalized spacial score (nSPS) is 13.0. The van der Waals surface area contributed by atoms with Crippen molar-refractivity contribution >= 4 is 12.1 Å². The first-order chi connectivity index (χ1) is 16.0. The molecule has 0 saturated heterocycles. The summed E-state index contributed by atoms with van der Waals surface area (Å²) < 4.78 is 10.7. The summed E-state index contributed by atoms with van der Waals surface area (Å²) in [5.74, 6) is -0.537. The van der Waals surface area contributed by atoms with Gasteiger partial charge in [-0.2, -0.15) is 0 Å². The molecule has 1 unspecified atom stereocenters. The second-order valence-electron chi connectivity index (χ2n) is 8.00. The second kappa shape index (κ2) is 9.73. The van der Waals surface area contributed by atoms with Crippen LogP contribution in [0.5, 0.6) is 5.75 Å². The number of amides is 1. The molecule has 0 aliphatic heterocycles. The van der Waals surface area contributed by atoms with Crippen LogP contribution in [0.1, 0.15) is 29.2 Å². The Labute approximate surface area is 192 Å². The van der Waals surface area contributed by atoms with E-state index < -0.39 is 18.1 Å². The first-order valence-electron chi connectivity index (χ1n) is 10.8. The number of carbonyl (C=O) groups excluding carboxylic acids is 1. The van der Waals surface area contributed by atoms with E-state index in [0.29, 0.717) is 12.2 Å². The zero-order valence-electron chi connectivity index (χ0n) is 18.6. The lowest BCUT2D eigenvalue weighted by molar-refractivity contribution is -0.142. The fourth-order valence-electron chi connectivity index (χ4n) is 4.27. The van der Waals surface area contributed by atoms with Crippen molar-refractivity contribution in [3.8, 4) is 16.9 Å². The third-order valence-electron chi connectivity index (χ3n) is 6.08. The molecule has 1 aromatic heterocycles. The van der Waals surface area contributed by atoms with Gasteiger partial charge in [-0.1, -0.05) is 48.5 Å². The standard InChI is InChI=1S/C26H26N2O5/c1-28(24(25(29)30)14-12-17-11-13-18(32-2)15-27-17)26(31)33-16-23-21-9-5-3-7-19(21)20-8-4-6-10-22(20)23/h3-11,13,15,23-24H,12,14,16H2,1-2H3,(H,29,30). The largest absolute Gasteiger partial charge is 0.495 e. The van der Waals surface area contributed by atoms with Crippen molar-refractivity contribution in [2.75, 3.05) is 20.8 Å². The Balaban J connectivity index is 1.41. The highest BCUT2D eigenvalue weighted by atomic mass is 16.6. The van der Waals surface area contributed by atoms with E-state index in [9.17, 15) is 14.7 Å².